The van der Waals surface area contributed by atoms with Gasteiger partial charge in [0.2, 0.25) is 5.91 Å². The summed E-state index contributed by atoms with van der Waals surface area (Å²) in [5.74, 6) is 1.76. The van der Waals surface area contributed by atoms with Crippen molar-refractivity contribution in [3.8, 4) is 11.5 Å². The highest BCUT2D eigenvalue weighted by molar-refractivity contribution is 6.30. The van der Waals surface area contributed by atoms with Crippen LogP contribution in [0.25, 0.3) is 0 Å². The summed E-state index contributed by atoms with van der Waals surface area (Å²) in [5, 5.41) is 0.699. The summed E-state index contributed by atoms with van der Waals surface area (Å²) >= 11 is 5.84. The van der Waals surface area contributed by atoms with Gasteiger partial charge < -0.3 is 14.4 Å². The molecule has 4 nitrogen and oxygen atoms in total. The quantitative estimate of drug-likeness (QED) is 0.570. The Morgan fingerprint density at radius 1 is 0.962 bits per heavy atom. The number of amides is 1. The molecule has 0 N–H and O–H groups in total. The van der Waals surface area contributed by atoms with Crippen LogP contribution in [0.4, 0.5) is 0 Å². The average molecular weight is 376 g/mol. The fourth-order valence-corrected chi connectivity index (χ4v) is 2.60. The third-order valence-corrected chi connectivity index (χ3v) is 4.24. The molecule has 0 spiro atoms. The average Bonchev–Trinajstić information content (AvgIpc) is 2.64. The number of ether oxygens (including phenoxy) is 2. The number of halogens is 1. The Labute approximate surface area is 160 Å². The lowest BCUT2D eigenvalue weighted by Gasteiger charge is -2.17. The van der Waals surface area contributed by atoms with E-state index >= 15 is 0 Å². The first-order chi connectivity index (χ1) is 12.6. The molecule has 26 heavy (non-hydrogen) atoms. The van der Waals surface area contributed by atoms with Gasteiger partial charge in [-0.15, -0.1) is 0 Å². The monoisotopic (exact) mass is 375 g/mol. The maximum absolute atomic E-state index is 12.3. The molecule has 5 heteroatoms. The third-order valence-electron chi connectivity index (χ3n) is 3.99. The van der Waals surface area contributed by atoms with Crippen molar-refractivity contribution in [3.63, 3.8) is 0 Å². The highest BCUT2D eigenvalue weighted by Gasteiger charge is 2.09. The van der Waals surface area contributed by atoms with Gasteiger partial charge in [-0.2, -0.15) is 0 Å². The van der Waals surface area contributed by atoms with E-state index < -0.39 is 0 Å². The summed E-state index contributed by atoms with van der Waals surface area (Å²) in [7, 11) is 1.84. The molecular weight excluding hydrogens is 350 g/mol. The number of likely N-dealkylation sites (N-methyl/N-ethyl adjacent to an activating group) is 1. The Bertz CT molecular complexity index is 671. The van der Waals surface area contributed by atoms with Gasteiger partial charge in [-0.3, -0.25) is 4.79 Å². The van der Waals surface area contributed by atoms with Crippen LogP contribution in [-0.4, -0.2) is 37.6 Å². The number of carbonyl (C=O) groups is 1. The van der Waals surface area contributed by atoms with Crippen molar-refractivity contribution in [2.24, 2.45) is 0 Å². The second-order valence-corrected chi connectivity index (χ2v) is 6.51. The van der Waals surface area contributed by atoms with Crippen LogP contribution in [0.2, 0.25) is 5.02 Å². The lowest BCUT2D eigenvalue weighted by molar-refractivity contribution is -0.129. The third kappa shape index (κ3) is 6.96. The SMILES string of the molecule is CCOc1ccc(CC(=O)N(C)CCCCOc2ccc(Cl)cc2)cc1. The number of benzene rings is 2. The van der Waals surface area contributed by atoms with E-state index in [4.69, 9.17) is 21.1 Å². The number of hydrogen-bond donors (Lipinski definition) is 0. The molecule has 0 radical (unpaired) electrons. The molecule has 2 aromatic rings. The minimum absolute atomic E-state index is 0.118. The molecule has 0 heterocycles. The summed E-state index contributed by atoms with van der Waals surface area (Å²) in [4.78, 5) is 14.1. The van der Waals surface area contributed by atoms with Crippen LogP contribution in [0.5, 0.6) is 11.5 Å². The zero-order valence-corrected chi connectivity index (χ0v) is 16.2. The van der Waals surface area contributed by atoms with Gasteiger partial charge in [-0.05, 0) is 61.7 Å². The molecule has 1 amide bonds. The zero-order valence-electron chi connectivity index (χ0n) is 15.4. The Balaban J connectivity index is 1.64. The van der Waals surface area contributed by atoms with Crippen LogP contribution in [0.15, 0.2) is 48.5 Å². The van der Waals surface area contributed by atoms with Crippen molar-refractivity contribution in [3.05, 3.63) is 59.1 Å². The smallest absolute Gasteiger partial charge is 0.226 e. The summed E-state index contributed by atoms with van der Waals surface area (Å²) in [6.45, 7) is 3.94. The first-order valence-corrected chi connectivity index (χ1v) is 9.30. The van der Waals surface area contributed by atoms with Crippen LogP contribution < -0.4 is 9.47 Å². The Morgan fingerprint density at radius 2 is 1.58 bits per heavy atom. The molecule has 2 aromatic carbocycles. The van der Waals surface area contributed by atoms with Crippen molar-refractivity contribution < 1.29 is 14.3 Å². The van der Waals surface area contributed by atoms with Crippen LogP contribution in [-0.2, 0) is 11.2 Å². The van der Waals surface area contributed by atoms with Gasteiger partial charge >= 0.3 is 0 Å². The van der Waals surface area contributed by atoms with Crippen LogP contribution in [0.3, 0.4) is 0 Å². The van der Waals surface area contributed by atoms with Gasteiger partial charge in [0.05, 0.1) is 19.6 Å². The van der Waals surface area contributed by atoms with E-state index in [-0.39, 0.29) is 5.91 Å². The summed E-state index contributed by atoms with van der Waals surface area (Å²) in [6.07, 6.45) is 2.20. The summed E-state index contributed by atoms with van der Waals surface area (Å²) in [5.41, 5.74) is 0.997. The molecule has 0 aliphatic rings. The number of hydrogen-bond acceptors (Lipinski definition) is 3. The van der Waals surface area contributed by atoms with E-state index in [1.54, 1.807) is 4.90 Å². The fourth-order valence-electron chi connectivity index (χ4n) is 2.48. The first kappa shape index (κ1) is 20.1. The molecule has 0 saturated heterocycles. The first-order valence-electron chi connectivity index (χ1n) is 8.92. The standard InChI is InChI=1S/C21H26ClNO3/c1-3-25-19-10-6-17(7-11-19)16-21(24)23(2)14-4-5-15-26-20-12-8-18(22)9-13-20/h6-13H,3-5,14-16H2,1-2H3. The van der Waals surface area contributed by atoms with Crippen molar-refractivity contribution >= 4 is 17.5 Å². The molecule has 0 atom stereocenters. The molecule has 0 saturated carbocycles. The van der Waals surface area contributed by atoms with E-state index in [9.17, 15) is 4.79 Å². The van der Waals surface area contributed by atoms with Gasteiger partial charge in [0.15, 0.2) is 0 Å². The highest BCUT2D eigenvalue weighted by Crippen LogP contribution is 2.16. The van der Waals surface area contributed by atoms with Gasteiger partial charge in [-0.25, -0.2) is 0 Å². The molecule has 0 aliphatic heterocycles. The van der Waals surface area contributed by atoms with E-state index in [0.717, 1.165) is 36.4 Å². The molecule has 0 bridgehead atoms. The minimum atomic E-state index is 0.118. The lowest BCUT2D eigenvalue weighted by Crippen LogP contribution is -2.29. The number of carbonyl (C=O) groups excluding carboxylic acids is 1. The zero-order chi connectivity index (χ0) is 18.8. The van der Waals surface area contributed by atoms with Crippen LogP contribution >= 0.6 is 11.6 Å². The maximum Gasteiger partial charge on any atom is 0.226 e. The molecule has 2 rings (SSSR count). The number of rotatable bonds is 10. The van der Waals surface area contributed by atoms with Crippen molar-refractivity contribution in [2.45, 2.75) is 26.2 Å². The molecule has 0 fully saturated rings. The van der Waals surface area contributed by atoms with Crippen molar-refractivity contribution in [2.75, 3.05) is 26.8 Å². The van der Waals surface area contributed by atoms with Gasteiger partial charge in [0, 0.05) is 18.6 Å². The highest BCUT2D eigenvalue weighted by atomic mass is 35.5. The fraction of sp³-hybridized carbons (Fsp3) is 0.381. The van der Waals surface area contributed by atoms with E-state index in [2.05, 4.69) is 0 Å². The molecule has 0 unspecified atom stereocenters. The van der Waals surface area contributed by atoms with Gasteiger partial charge in [-0.1, -0.05) is 23.7 Å². The summed E-state index contributed by atoms with van der Waals surface area (Å²) in [6, 6.07) is 15.0. The Kier molecular flexibility index (Phi) is 8.29. The van der Waals surface area contributed by atoms with Gasteiger partial charge in [0.1, 0.15) is 11.5 Å². The summed E-state index contributed by atoms with van der Waals surface area (Å²) < 4.78 is 11.1. The largest absolute Gasteiger partial charge is 0.494 e. The van der Waals surface area contributed by atoms with E-state index in [1.165, 1.54) is 0 Å². The maximum atomic E-state index is 12.3. The topological polar surface area (TPSA) is 38.8 Å². The molecule has 0 aromatic heterocycles. The number of nitrogens with zero attached hydrogens (tertiary/aromatic N) is 1. The van der Waals surface area contributed by atoms with Crippen LogP contribution in [0, 0.1) is 0 Å². The van der Waals surface area contributed by atoms with E-state index in [1.807, 2.05) is 62.5 Å². The normalized spacial score (nSPS) is 10.4. The Hall–Kier alpha value is -2.20. The second-order valence-electron chi connectivity index (χ2n) is 6.08. The number of unbranched alkanes of at least 4 members (excludes halogenated alkanes) is 1. The van der Waals surface area contributed by atoms with Gasteiger partial charge in [0.25, 0.3) is 0 Å². The Morgan fingerprint density at radius 3 is 2.23 bits per heavy atom. The predicted octanol–water partition coefficient (Wildman–Crippen LogP) is 4.60. The molecule has 0 aliphatic carbocycles. The van der Waals surface area contributed by atoms with Crippen LogP contribution in [0.1, 0.15) is 25.3 Å². The second kappa shape index (κ2) is 10.7. The predicted molar refractivity (Wildman–Crippen MR) is 105 cm³/mol. The molecular formula is C21H26ClNO3. The van der Waals surface area contributed by atoms with E-state index in [0.29, 0.717) is 24.7 Å². The van der Waals surface area contributed by atoms with Crippen molar-refractivity contribution in [1.29, 1.82) is 0 Å². The lowest BCUT2D eigenvalue weighted by atomic mass is 10.1. The minimum Gasteiger partial charge on any atom is -0.494 e. The van der Waals surface area contributed by atoms with Crippen molar-refractivity contribution in [1.82, 2.24) is 4.90 Å². The molecule has 140 valence electrons.